The molecule has 1 aromatic rings. The van der Waals surface area contributed by atoms with Gasteiger partial charge in [0.2, 0.25) is 0 Å². The van der Waals surface area contributed by atoms with E-state index in [-0.39, 0.29) is 10.6 Å². The predicted octanol–water partition coefficient (Wildman–Crippen LogP) is 2.91. The van der Waals surface area contributed by atoms with Gasteiger partial charge in [-0.2, -0.15) is 0 Å². The highest BCUT2D eigenvalue weighted by Crippen LogP contribution is 2.24. The number of halogens is 1. The van der Waals surface area contributed by atoms with E-state index in [1.54, 1.807) is 25.3 Å². The third-order valence-corrected chi connectivity index (χ3v) is 3.61. The summed E-state index contributed by atoms with van der Waals surface area (Å²) in [5.74, 6) is 0. The molecule has 0 aliphatic rings. The molecule has 1 N–H and O–H groups in total. The van der Waals surface area contributed by atoms with Crippen molar-refractivity contribution in [3.05, 3.63) is 38.3 Å². The Hall–Kier alpha value is -0.980. The first-order chi connectivity index (χ1) is 9.08. The molecule has 5 nitrogen and oxygen atoms in total. The molecule has 0 spiro atoms. The van der Waals surface area contributed by atoms with Crippen LogP contribution in [0.5, 0.6) is 0 Å². The third kappa shape index (κ3) is 5.26. The smallest absolute Gasteiger partial charge is 0.270 e. The maximum atomic E-state index is 10.7. The topological polar surface area (TPSA) is 64.4 Å². The van der Waals surface area contributed by atoms with Crippen molar-refractivity contribution < 1.29 is 9.66 Å². The van der Waals surface area contributed by atoms with E-state index in [4.69, 9.17) is 4.74 Å². The molecule has 0 fully saturated rings. The highest BCUT2D eigenvalue weighted by atomic mass is 79.9. The quantitative estimate of drug-likeness (QED) is 0.588. The van der Waals surface area contributed by atoms with Gasteiger partial charge < -0.3 is 10.1 Å². The van der Waals surface area contributed by atoms with Gasteiger partial charge in [0.25, 0.3) is 5.69 Å². The van der Waals surface area contributed by atoms with Crippen LogP contribution in [-0.4, -0.2) is 31.2 Å². The number of nitro groups is 1. The molecule has 0 bridgehead atoms. The van der Waals surface area contributed by atoms with Crippen molar-refractivity contribution in [2.75, 3.05) is 20.3 Å². The van der Waals surface area contributed by atoms with Crippen molar-refractivity contribution in [1.82, 2.24) is 5.32 Å². The van der Waals surface area contributed by atoms with Gasteiger partial charge in [0.15, 0.2) is 0 Å². The lowest BCUT2D eigenvalue weighted by Gasteiger charge is -2.17. The summed E-state index contributed by atoms with van der Waals surface area (Å²) in [5.41, 5.74) is 1.18. The minimum Gasteiger partial charge on any atom is -0.383 e. The summed E-state index contributed by atoms with van der Waals surface area (Å²) in [6.07, 6.45) is 1.78. The maximum absolute atomic E-state index is 10.7. The Bertz CT molecular complexity index is 420. The summed E-state index contributed by atoms with van der Waals surface area (Å²) in [5, 5.41) is 14.0. The summed E-state index contributed by atoms with van der Waals surface area (Å²) in [6.45, 7) is 3.62. The highest BCUT2D eigenvalue weighted by molar-refractivity contribution is 9.10. The number of nitrogens with zero attached hydrogens (tertiary/aromatic N) is 1. The molecule has 1 rings (SSSR count). The average molecular weight is 331 g/mol. The number of nitrogens with one attached hydrogen (secondary N) is 1. The van der Waals surface area contributed by atoms with Crippen LogP contribution in [0.25, 0.3) is 0 Å². The van der Waals surface area contributed by atoms with Crippen LogP contribution in [0.4, 0.5) is 5.69 Å². The molecule has 0 heterocycles. The summed E-state index contributed by atoms with van der Waals surface area (Å²) >= 11 is 3.39. The van der Waals surface area contributed by atoms with Gasteiger partial charge in [-0.3, -0.25) is 10.1 Å². The SMILES string of the molecule is CCNC(CCc1ccc([N+](=O)[O-])cc1Br)COC. The fraction of sp³-hybridized carbons (Fsp3) is 0.538. The Kier molecular flexibility index (Phi) is 6.97. The highest BCUT2D eigenvalue weighted by Gasteiger charge is 2.11. The predicted molar refractivity (Wildman–Crippen MR) is 78.5 cm³/mol. The molecule has 6 heteroatoms. The fourth-order valence-electron chi connectivity index (χ4n) is 1.92. The van der Waals surface area contributed by atoms with Gasteiger partial charge in [0.1, 0.15) is 0 Å². The van der Waals surface area contributed by atoms with Crippen molar-refractivity contribution in [2.45, 2.75) is 25.8 Å². The molecule has 106 valence electrons. The second-order valence-corrected chi connectivity index (χ2v) is 5.14. The van der Waals surface area contributed by atoms with Crippen LogP contribution in [0, 0.1) is 10.1 Å². The Morgan fingerprint density at radius 1 is 1.53 bits per heavy atom. The molecule has 19 heavy (non-hydrogen) atoms. The van der Waals surface area contributed by atoms with Crippen LogP contribution < -0.4 is 5.32 Å². The Balaban J connectivity index is 2.63. The monoisotopic (exact) mass is 330 g/mol. The number of methoxy groups -OCH3 is 1. The van der Waals surface area contributed by atoms with Crippen molar-refractivity contribution in [3.63, 3.8) is 0 Å². The average Bonchev–Trinajstić information content (AvgIpc) is 2.37. The molecule has 1 unspecified atom stereocenters. The third-order valence-electron chi connectivity index (χ3n) is 2.87. The number of aryl methyl sites for hydroxylation is 1. The van der Waals surface area contributed by atoms with Gasteiger partial charge in [0.05, 0.1) is 11.5 Å². The zero-order valence-electron chi connectivity index (χ0n) is 11.2. The van der Waals surface area contributed by atoms with E-state index in [2.05, 4.69) is 28.2 Å². The molecular weight excluding hydrogens is 312 g/mol. The van der Waals surface area contributed by atoms with E-state index in [9.17, 15) is 10.1 Å². The summed E-state index contributed by atoms with van der Waals surface area (Å²) in [6, 6.07) is 5.20. The maximum Gasteiger partial charge on any atom is 0.270 e. The van der Waals surface area contributed by atoms with E-state index < -0.39 is 0 Å². The number of likely N-dealkylation sites (N-methyl/N-ethyl adjacent to an activating group) is 1. The van der Waals surface area contributed by atoms with Crippen LogP contribution >= 0.6 is 15.9 Å². The van der Waals surface area contributed by atoms with E-state index in [0.29, 0.717) is 12.6 Å². The molecule has 0 amide bonds. The lowest BCUT2D eigenvalue weighted by molar-refractivity contribution is -0.384. The minimum absolute atomic E-state index is 0.107. The van der Waals surface area contributed by atoms with Gasteiger partial charge in [-0.25, -0.2) is 0 Å². The number of benzene rings is 1. The minimum atomic E-state index is -0.388. The van der Waals surface area contributed by atoms with E-state index in [1.807, 2.05) is 0 Å². The Morgan fingerprint density at radius 2 is 2.26 bits per heavy atom. The van der Waals surface area contributed by atoms with Gasteiger partial charge >= 0.3 is 0 Å². The first-order valence-electron chi connectivity index (χ1n) is 6.23. The number of ether oxygens (including phenoxy) is 1. The number of hydrogen-bond donors (Lipinski definition) is 1. The van der Waals surface area contributed by atoms with Crippen molar-refractivity contribution in [2.24, 2.45) is 0 Å². The van der Waals surface area contributed by atoms with Crippen LogP contribution in [-0.2, 0) is 11.2 Å². The van der Waals surface area contributed by atoms with Crippen LogP contribution in [0.15, 0.2) is 22.7 Å². The second kappa shape index (κ2) is 8.24. The number of rotatable bonds is 8. The normalized spacial score (nSPS) is 12.4. The molecule has 0 radical (unpaired) electrons. The molecular formula is C13H19BrN2O3. The molecule has 0 aromatic heterocycles. The van der Waals surface area contributed by atoms with E-state index in [0.717, 1.165) is 29.4 Å². The molecule has 0 aliphatic heterocycles. The first kappa shape index (κ1) is 16.1. The number of hydrogen-bond acceptors (Lipinski definition) is 4. The van der Waals surface area contributed by atoms with E-state index in [1.165, 1.54) is 0 Å². The molecule has 0 aliphatic carbocycles. The lowest BCUT2D eigenvalue weighted by Crippen LogP contribution is -2.33. The van der Waals surface area contributed by atoms with Crippen LogP contribution in [0.2, 0.25) is 0 Å². The summed E-state index contributed by atoms with van der Waals surface area (Å²) in [4.78, 5) is 10.3. The van der Waals surface area contributed by atoms with Crippen molar-refractivity contribution in [3.8, 4) is 0 Å². The fourth-order valence-corrected chi connectivity index (χ4v) is 2.48. The van der Waals surface area contributed by atoms with Crippen LogP contribution in [0.1, 0.15) is 18.9 Å². The molecule has 1 atom stereocenters. The van der Waals surface area contributed by atoms with Gasteiger partial charge in [0, 0.05) is 29.8 Å². The number of nitro benzene ring substituents is 1. The molecule has 0 saturated heterocycles. The van der Waals surface area contributed by atoms with Crippen molar-refractivity contribution >= 4 is 21.6 Å². The summed E-state index contributed by atoms with van der Waals surface area (Å²) < 4.78 is 5.95. The zero-order valence-corrected chi connectivity index (χ0v) is 12.8. The first-order valence-corrected chi connectivity index (χ1v) is 7.03. The zero-order chi connectivity index (χ0) is 14.3. The Morgan fingerprint density at radius 3 is 2.79 bits per heavy atom. The van der Waals surface area contributed by atoms with Crippen molar-refractivity contribution in [1.29, 1.82) is 0 Å². The van der Waals surface area contributed by atoms with E-state index >= 15 is 0 Å². The lowest BCUT2D eigenvalue weighted by atomic mass is 10.1. The summed E-state index contributed by atoms with van der Waals surface area (Å²) in [7, 11) is 1.69. The molecule has 0 saturated carbocycles. The largest absolute Gasteiger partial charge is 0.383 e. The van der Waals surface area contributed by atoms with Gasteiger partial charge in [-0.05, 0) is 24.9 Å². The standard InChI is InChI=1S/C13H19BrN2O3/c1-3-15-11(9-19-2)6-4-10-5-7-12(16(17)18)8-13(10)14/h5,7-8,11,15H,3-4,6,9H2,1-2H3. The van der Waals surface area contributed by atoms with Gasteiger partial charge in [-0.1, -0.05) is 28.9 Å². The second-order valence-electron chi connectivity index (χ2n) is 4.28. The van der Waals surface area contributed by atoms with Crippen LogP contribution in [0.3, 0.4) is 0 Å². The van der Waals surface area contributed by atoms with Gasteiger partial charge in [-0.15, -0.1) is 0 Å². The molecule has 1 aromatic carbocycles. The Labute approximate surface area is 121 Å². The number of non-ortho nitro benzene ring substituents is 1.